The molecule has 38 heavy (non-hydrogen) atoms. The number of thioether (sulfide) groups is 1. The SMILES string of the molecule is CSCCC(N)C(=O)O.NC(Cc1ccccc1)C(=O)O.NCCCC(N)C(=O)O.O=C(O)CCC(=O)O. The second kappa shape index (κ2) is 25.4. The van der Waals surface area contributed by atoms with Crippen molar-refractivity contribution >= 4 is 41.6 Å². The van der Waals surface area contributed by atoms with E-state index in [9.17, 15) is 24.0 Å². The Balaban J connectivity index is -0.000000436. The Morgan fingerprint density at radius 1 is 0.737 bits per heavy atom. The monoisotopic (exact) mass is 564 g/mol. The van der Waals surface area contributed by atoms with Gasteiger partial charge in [-0.05, 0) is 49.8 Å². The van der Waals surface area contributed by atoms with Crippen molar-refractivity contribution in [3.8, 4) is 0 Å². The summed E-state index contributed by atoms with van der Waals surface area (Å²) in [7, 11) is 0. The first kappa shape index (κ1) is 39.3. The maximum Gasteiger partial charge on any atom is 0.320 e. The summed E-state index contributed by atoms with van der Waals surface area (Å²) >= 11 is 1.60. The lowest BCUT2D eigenvalue weighted by Crippen LogP contribution is -2.32. The van der Waals surface area contributed by atoms with Crippen molar-refractivity contribution in [2.24, 2.45) is 22.9 Å². The van der Waals surface area contributed by atoms with E-state index in [4.69, 9.17) is 48.5 Å². The molecular weight excluding hydrogens is 524 g/mol. The second-order valence-corrected chi connectivity index (χ2v) is 8.51. The molecule has 0 radical (unpaired) electrons. The average molecular weight is 565 g/mol. The van der Waals surface area contributed by atoms with Crippen molar-refractivity contribution < 1.29 is 49.5 Å². The van der Waals surface area contributed by atoms with E-state index in [1.165, 1.54) is 0 Å². The van der Waals surface area contributed by atoms with Crippen LogP contribution in [-0.2, 0) is 30.4 Å². The quantitative estimate of drug-likeness (QED) is 0.142. The number of hydrogen-bond acceptors (Lipinski definition) is 10. The molecule has 0 heterocycles. The number of aliphatic carboxylic acids is 5. The number of carboxylic acid groups (broad SMARTS) is 5. The summed E-state index contributed by atoms with van der Waals surface area (Å²) in [5, 5.41) is 40.8. The van der Waals surface area contributed by atoms with Crippen LogP contribution in [0.2, 0.25) is 0 Å². The molecule has 0 saturated carbocycles. The van der Waals surface area contributed by atoms with Crippen molar-refractivity contribution in [3.63, 3.8) is 0 Å². The zero-order valence-electron chi connectivity index (χ0n) is 21.3. The van der Waals surface area contributed by atoms with Gasteiger partial charge in [-0.3, -0.25) is 24.0 Å². The molecule has 0 aromatic heterocycles. The molecule has 1 aromatic carbocycles. The van der Waals surface area contributed by atoms with Crippen LogP contribution in [0, 0.1) is 0 Å². The highest BCUT2D eigenvalue weighted by molar-refractivity contribution is 7.98. The largest absolute Gasteiger partial charge is 0.481 e. The van der Waals surface area contributed by atoms with E-state index in [1.807, 2.05) is 36.6 Å². The smallest absolute Gasteiger partial charge is 0.320 e. The molecule has 0 aliphatic carbocycles. The molecule has 218 valence electrons. The van der Waals surface area contributed by atoms with Crippen LogP contribution in [0.1, 0.15) is 37.7 Å². The summed E-state index contributed by atoms with van der Waals surface area (Å²) < 4.78 is 0. The van der Waals surface area contributed by atoms with Gasteiger partial charge in [-0.1, -0.05) is 30.3 Å². The zero-order valence-corrected chi connectivity index (χ0v) is 22.1. The first-order chi connectivity index (χ1) is 17.7. The van der Waals surface area contributed by atoms with Crippen LogP contribution >= 0.6 is 11.8 Å². The van der Waals surface area contributed by atoms with Crippen LogP contribution in [0.15, 0.2) is 30.3 Å². The number of rotatable bonds is 14. The van der Waals surface area contributed by atoms with Gasteiger partial charge in [-0.2, -0.15) is 11.8 Å². The Bertz CT molecular complexity index is 777. The highest BCUT2D eigenvalue weighted by atomic mass is 32.2. The standard InChI is InChI=1S/C9H11NO2.C5H12N2O2.C5H11NO2S.C4H6O4/c10-8(9(11)12)6-7-4-2-1-3-5-7;6-3-1-2-4(7)5(8)9;1-9-3-2-4(6)5(7)8;5-3(6)1-2-4(7)8/h1-5,8H,6,10H2,(H,11,12);4H,1-3,6-7H2,(H,8,9);4H,2-3,6H2,1H3,(H,7,8);1-2H2,(H,5,6)(H,7,8). The lowest BCUT2D eigenvalue weighted by atomic mass is 10.1. The van der Waals surface area contributed by atoms with Gasteiger partial charge in [0, 0.05) is 0 Å². The average Bonchev–Trinajstić information content (AvgIpc) is 2.86. The fraction of sp³-hybridized carbons (Fsp3) is 0.522. The number of carbonyl (C=O) groups is 5. The van der Waals surface area contributed by atoms with Crippen LogP contribution in [0.5, 0.6) is 0 Å². The van der Waals surface area contributed by atoms with E-state index in [0.717, 1.165) is 11.3 Å². The predicted octanol–water partition coefficient (Wildman–Crippen LogP) is -0.135. The molecule has 0 amide bonds. The normalized spacial score (nSPS) is 11.9. The van der Waals surface area contributed by atoms with Gasteiger partial charge < -0.3 is 48.5 Å². The zero-order chi connectivity index (χ0) is 30.1. The molecule has 3 atom stereocenters. The van der Waals surface area contributed by atoms with E-state index in [-0.39, 0.29) is 12.8 Å². The number of carboxylic acids is 5. The van der Waals surface area contributed by atoms with Gasteiger partial charge in [-0.15, -0.1) is 0 Å². The van der Waals surface area contributed by atoms with Crippen molar-refractivity contribution in [2.45, 2.75) is 56.7 Å². The molecule has 15 heteroatoms. The highest BCUT2D eigenvalue weighted by Crippen LogP contribution is 2.01. The fourth-order valence-corrected chi connectivity index (χ4v) is 2.49. The summed E-state index contributed by atoms with van der Waals surface area (Å²) in [6, 6.07) is 7.12. The van der Waals surface area contributed by atoms with Gasteiger partial charge in [0.15, 0.2) is 0 Å². The van der Waals surface area contributed by atoms with Crippen LogP contribution in [0.4, 0.5) is 0 Å². The van der Waals surface area contributed by atoms with Crippen LogP contribution in [-0.4, -0.2) is 92.1 Å². The van der Waals surface area contributed by atoms with E-state index in [2.05, 4.69) is 0 Å². The van der Waals surface area contributed by atoms with Gasteiger partial charge in [-0.25, -0.2) is 0 Å². The minimum atomic E-state index is -1.08. The van der Waals surface area contributed by atoms with Gasteiger partial charge in [0.25, 0.3) is 0 Å². The second-order valence-electron chi connectivity index (χ2n) is 7.52. The molecule has 0 spiro atoms. The molecule has 1 rings (SSSR count). The molecule has 3 unspecified atom stereocenters. The third-order valence-corrected chi connectivity index (χ3v) is 4.80. The maximum atomic E-state index is 10.4. The van der Waals surface area contributed by atoms with Gasteiger partial charge >= 0.3 is 29.8 Å². The summed E-state index contributed by atoms with van der Waals surface area (Å²) in [6.07, 6.45) is 3.41. The third-order valence-electron chi connectivity index (χ3n) is 4.15. The van der Waals surface area contributed by atoms with Crippen LogP contribution < -0.4 is 22.9 Å². The molecule has 0 aliphatic heterocycles. The minimum Gasteiger partial charge on any atom is -0.481 e. The number of benzene rings is 1. The van der Waals surface area contributed by atoms with Crippen LogP contribution in [0.25, 0.3) is 0 Å². The van der Waals surface area contributed by atoms with E-state index >= 15 is 0 Å². The Morgan fingerprint density at radius 3 is 1.50 bits per heavy atom. The van der Waals surface area contributed by atoms with Crippen LogP contribution in [0.3, 0.4) is 0 Å². The van der Waals surface area contributed by atoms with Gasteiger partial charge in [0.05, 0.1) is 12.8 Å². The Hall–Kier alpha value is -3.24. The molecular formula is C23H40N4O10S. The molecule has 0 aliphatic rings. The van der Waals surface area contributed by atoms with Gasteiger partial charge in [0.2, 0.25) is 0 Å². The fourth-order valence-electron chi connectivity index (χ4n) is 2.00. The topological polar surface area (TPSA) is 291 Å². The molecule has 0 fully saturated rings. The van der Waals surface area contributed by atoms with E-state index in [1.54, 1.807) is 11.8 Å². The van der Waals surface area contributed by atoms with E-state index < -0.39 is 48.0 Å². The molecule has 13 N–H and O–H groups in total. The third kappa shape index (κ3) is 29.0. The van der Waals surface area contributed by atoms with Gasteiger partial charge in [0.1, 0.15) is 18.1 Å². The molecule has 14 nitrogen and oxygen atoms in total. The van der Waals surface area contributed by atoms with E-state index in [0.29, 0.717) is 32.2 Å². The summed E-state index contributed by atoms with van der Waals surface area (Å²) in [6.45, 7) is 0.501. The molecule has 1 aromatic rings. The highest BCUT2D eigenvalue weighted by Gasteiger charge is 2.11. The maximum absolute atomic E-state index is 10.4. The van der Waals surface area contributed by atoms with Crippen molar-refractivity contribution in [3.05, 3.63) is 35.9 Å². The lowest BCUT2D eigenvalue weighted by Gasteiger charge is -2.04. The Morgan fingerprint density at radius 2 is 1.16 bits per heavy atom. The Kier molecular flexibility index (Phi) is 26.3. The van der Waals surface area contributed by atoms with Crippen molar-refractivity contribution in [1.29, 1.82) is 0 Å². The Labute approximate surface area is 225 Å². The molecule has 0 saturated heterocycles. The minimum absolute atomic E-state index is 0.296. The van der Waals surface area contributed by atoms with Crippen molar-refractivity contribution in [1.82, 2.24) is 0 Å². The first-order valence-corrected chi connectivity index (χ1v) is 12.7. The summed E-state index contributed by atoms with van der Waals surface area (Å²) in [4.78, 5) is 49.8. The predicted molar refractivity (Wildman–Crippen MR) is 143 cm³/mol. The van der Waals surface area contributed by atoms with Crippen molar-refractivity contribution in [2.75, 3.05) is 18.6 Å². The number of hydrogen-bond donors (Lipinski definition) is 9. The molecule has 0 bridgehead atoms. The summed E-state index contributed by atoms with van der Waals surface area (Å²) in [5.74, 6) is -4.17. The number of nitrogens with two attached hydrogens (primary N) is 4. The summed E-state index contributed by atoms with van der Waals surface area (Å²) in [5.41, 5.74) is 21.8. The first-order valence-electron chi connectivity index (χ1n) is 11.3. The lowest BCUT2D eigenvalue weighted by molar-refractivity contribution is -0.143.